The lowest BCUT2D eigenvalue weighted by Crippen LogP contribution is -2.31. The van der Waals surface area contributed by atoms with E-state index in [2.05, 4.69) is 4.98 Å². The van der Waals surface area contributed by atoms with Crippen molar-refractivity contribution in [2.75, 3.05) is 17.3 Å². The Kier molecular flexibility index (Phi) is 5.37. The summed E-state index contributed by atoms with van der Waals surface area (Å²) < 4.78 is 25.3. The van der Waals surface area contributed by atoms with E-state index in [0.29, 0.717) is 22.0 Å². The molecule has 9 heteroatoms. The molecule has 1 fully saturated rings. The van der Waals surface area contributed by atoms with E-state index < -0.39 is 15.5 Å². The van der Waals surface area contributed by atoms with Crippen LogP contribution >= 0.6 is 23.4 Å². The molecule has 2 aromatic rings. The summed E-state index contributed by atoms with van der Waals surface area (Å²) in [5, 5.41) is 1.16. The number of ketones is 1. The highest BCUT2D eigenvalue weighted by Crippen LogP contribution is 2.33. The fraction of sp³-hybridized carbons (Fsp3) is 0.421. The van der Waals surface area contributed by atoms with E-state index >= 15 is 0 Å². The molecule has 1 aliphatic heterocycles. The van der Waals surface area contributed by atoms with Gasteiger partial charge in [-0.15, -0.1) is 0 Å². The first-order chi connectivity index (χ1) is 13.3. The van der Waals surface area contributed by atoms with Crippen molar-refractivity contribution in [3.63, 3.8) is 0 Å². The van der Waals surface area contributed by atoms with Crippen LogP contribution in [0.25, 0.3) is 0 Å². The molecule has 0 saturated carbocycles. The first-order valence-electron chi connectivity index (χ1n) is 9.10. The number of nitrogens with zero attached hydrogens (tertiary/aromatic N) is 2. The van der Waals surface area contributed by atoms with Crippen LogP contribution < -0.4 is 5.69 Å². The Morgan fingerprint density at radius 2 is 2.00 bits per heavy atom. The smallest absolute Gasteiger partial charge is 0.293 e. The molecular weight excluding hydrogens is 420 g/mol. The van der Waals surface area contributed by atoms with Gasteiger partial charge in [-0.25, -0.2) is 13.2 Å². The maximum Gasteiger partial charge on any atom is 0.349 e. The van der Waals surface area contributed by atoms with Crippen molar-refractivity contribution in [1.82, 2.24) is 9.55 Å². The van der Waals surface area contributed by atoms with Crippen LogP contribution in [0.15, 0.2) is 34.1 Å². The molecule has 0 spiro atoms. The minimum atomic E-state index is -3.09. The third kappa shape index (κ3) is 3.90. The number of thioether (sulfide) groups is 1. The molecule has 2 heterocycles. The van der Waals surface area contributed by atoms with E-state index in [1.807, 2.05) is 0 Å². The molecule has 1 aliphatic carbocycles. The summed E-state index contributed by atoms with van der Waals surface area (Å²) >= 11 is 7.13. The first-order valence-corrected chi connectivity index (χ1v) is 12.3. The minimum absolute atomic E-state index is 0.00255. The van der Waals surface area contributed by atoms with Gasteiger partial charge in [-0.3, -0.25) is 9.36 Å². The summed E-state index contributed by atoms with van der Waals surface area (Å²) in [7, 11) is -3.09. The van der Waals surface area contributed by atoms with Gasteiger partial charge in [0.2, 0.25) is 0 Å². The second-order valence-corrected chi connectivity index (χ2v) is 10.8. The quantitative estimate of drug-likeness (QED) is 0.405. The number of hydrogen-bond donors (Lipinski definition) is 0. The first kappa shape index (κ1) is 19.7. The Morgan fingerprint density at radius 1 is 1.25 bits per heavy atom. The molecule has 0 amide bonds. The van der Waals surface area contributed by atoms with Crippen molar-refractivity contribution in [3.05, 3.63) is 56.6 Å². The van der Waals surface area contributed by atoms with E-state index in [9.17, 15) is 18.0 Å². The highest BCUT2D eigenvalue weighted by molar-refractivity contribution is 8.00. The monoisotopic (exact) mass is 438 g/mol. The van der Waals surface area contributed by atoms with Crippen LogP contribution in [-0.2, 0) is 22.7 Å². The number of aromatic nitrogens is 2. The normalized spacial score (nSPS) is 20.2. The van der Waals surface area contributed by atoms with Gasteiger partial charge in [0.25, 0.3) is 0 Å². The molecule has 0 N–H and O–H groups in total. The number of benzene rings is 1. The van der Waals surface area contributed by atoms with Crippen LogP contribution in [-0.4, -0.2) is 41.0 Å². The molecule has 0 unspecified atom stereocenters. The number of halogens is 1. The SMILES string of the molecule is O=C(CSc1nc(=O)n([C@H]2CCS(=O)(=O)C2)c2c1CCC2)c1ccc(Cl)cc1. The summed E-state index contributed by atoms with van der Waals surface area (Å²) in [6.45, 7) is 0. The number of Topliss-reactive ketones (excluding diaryl/α,β-unsaturated/α-hetero) is 1. The Hall–Kier alpha value is -1.64. The number of carbonyl (C=O) groups excluding carboxylic acids is 1. The van der Waals surface area contributed by atoms with Crippen LogP contribution in [0.4, 0.5) is 0 Å². The molecule has 148 valence electrons. The number of hydrogen-bond acceptors (Lipinski definition) is 6. The second-order valence-electron chi connectivity index (χ2n) is 7.12. The fourth-order valence-electron chi connectivity index (χ4n) is 3.88. The molecule has 28 heavy (non-hydrogen) atoms. The van der Waals surface area contributed by atoms with Crippen molar-refractivity contribution < 1.29 is 13.2 Å². The molecule has 1 atom stereocenters. The highest BCUT2D eigenvalue weighted by atomic mass is 35.5. The highest BCUT2D eigenvalue weighted by Gasteiger charge is 2.33. The van der Waals surface area contributed by atoms with Crippen LogP contribution in [0, 0.1) is 0 Å². The molecule has 2 aliphatic rings. The van der Waals surface area contributed by atoms with Gasteiger partial charge < -0.3 is 0 Å². The predicted octanol–water partition coefficient (Wildman–Crippen LogP) is 2.72. The average molecular weight is 439 g/mol. The van der Waals surface area contributed by atoms with Crippen molar-refractivity contribution >= 4 is 39.0 Å². The summed E-state index contributed by atoms with van der Waals surface area (Å²) in [4.78, 5) is 29.3. The Morgan fingerprint density at radius 3 is 2.68 bits per heavy atom. The lowest BCUT2D eigenvalue weighted by atomic mass is 10.1. The van der Waals surface area contributed by atoms with E-state index in [0.717, 1.165) is 30.5 Å². The number of sulfone groups is 1. The van der Waals surface area contributed by atoms with Gasteiger partial charge in [-0.05, 0) is 49.9 Å². The fourth-order valence-corrected chi connectivity index (χ4v) is 6.67. The number of fused-ring (bicyclic) bond motifs is 1. The molecule has 1 aromatic heterocycles. The summed E-state index contributed by atoms with van der Waals surface area (Å²) in [5.74, 6) is 0.247. The van der Waals surface area contributed by atoms with Crippen molar-refractivity contribution in [1.29, 1.82) is 0 Å². The molecular formula is C19H19ClN2O4S2. The van der Waals surface area contributed by atoms with Crippen LogP contribution in [0.2, 0.25) is 5.02 Å². The molecule has 4 rings (SSSR count). The molecule has 0 bridgehead atoms. The lowest BCUT2D eigenvalue weighted by Gasteiger charge is -2.18. The van der Waals surface area contributed by atoms with Gasteiger partial charge >= 0.3 is 5.69 Å². The van der Waals surface area contributed by atoms with Crippen molar-refractivity contribution in [2.45, 2.75) is 36.8 Å². The third-order valence-corrected chi connectivity index (χ3v) is 8.24. The van der Waals surface area contributed by atoms with Gasteiger partial charge in [-0.2, -0.15) is 4.98 Å². The number of carbonyl (C=O) groups is 1. The summed E-state index contributed by atoms with van der Waals surface area (Å²) in [5.41, 5.74) is 2.03. The van der Waals surface area contributed by atoms with Gasteiger partial charge in [0.15, 0.2) is 15.6 Å². The van der Waals surface area contributed by atoms with Crippen LogP contribution in [0.3, 0.4) is 0 Å². The second kappa shape index (κ2) is 7.65. The lowest BCUT2D eigenvalue weighted by molar-refractivity contribution is 0.102. The molecule has 0 radical (unpaired) electrons. The van der Waals surface area contributed by atoms with E-state index in [4.69, 9.17) is 11.6 Å². The Balaban J connectivity index is 1.58. The zero-order valence-corrected chi connectivity index (χ0v) is 17.4. The molecule has 6 nitrogen and oxygen atoms in total. The van der Waals surface area contributed by atoms with Crippen LogP contribution in [0.5, 0.6) is 0 Å². The maximum absolute atomic E-state index is 12.7. The topological polar surface area (TPSA) is 86.1 Å². The summed E-state index contributed by atoms with van der Waals surface area (Å²) in [6.07, 6.45) is 2.89. The predicted molar refractivity (Wildman–Crippen MR) is 109 cm³/mol. The molecule has 1 saturated heterocycles. The van der Waals surface area contributed by atoms with E-state index in [1.165, 1.54) is 11.8 Å². The molecule has 1 aromatic carbocycles. The summed E-state index contributed by atoms with van der Waals surface area (Å²) in [6, 6.07) is 6.38. The largest absolute Gasteiger partial charge is 0.349 e. The Labute approximate surface area is 172 Å². The van der Waals surface area contributed by atoms with E-state index in [-0.39, 0.29) is 29.1 Å². The van der Waals surface area contributed by atoms with Crippen LogP contribution in [0.1, 0.15) is 40.5 Å². The third-order valence-electron chi connectivity index (χ3n) is 5.22. The van der Waals surface area contributed by atoms with Crippen molar-refractivity contribution in [3.8, 4) is 0 Å². The zero-order chi connectivity index (χ0) is 19.9. The average Bonchev–Trinajstić information content (AvgIpc) is 3.26. The van der Waals surface area contributed by atoms with E-state index in [1.54, 1.807) is 28.8 Å². The maximum atomic E-state index is 12.7. The standard InChI is InChI=1S/C19H19ClN2O4S2/c20-13-6-4-12(5-7-13)17(23)10-27-18-15-2-1-3-16(15)22(19(24)21-18)14-8-9-28(25,26)11-14/h4-7,14H,1-3,8-11H2/t14-/m0/s1. The minimum Gasteiger partial charge on any atom is -0.293 e. The van der Waals surface area contributed by atoms with Gasteiger partial charge in [-0.1, -0.05) is 23.4 Å². The number of rotatable bonds is 5. The van der Waals surface area contributed by atoms with Crippen molar-refractivity contribution in [2.24, 2.45) is 0 Å². The zero-order valence-electron chi connectivity index (χ0n) is 15.1. The Bertz CT molecular complexity index is 1090. The van der Waals surface area contributed by atoms with Gasteiger partial charge in [0, 0.05) is 21.8 Å². The van der Waals surface area contributed by atoms with Gasteiger partial charge in [0.05, 0.1) is 23.3 Å². The van der Waals surface area contributed by atoms with Gasteiger partial charge in [0.1, 0.15) is 5.03 Å².